The Bertz CT molecular complexity index is 1370. The van der Waals surface area contributed by atoms with Crippen LogP contribution in [0.4, 0.5) is 0 Å². The molecule has 1 aromatic carbocycles. The highest BCUT2D eigenvalue weighted by molar-refractivity contribution is 6.02. The van der Waals surface area contributed by atoms with Gasteiger partial charge in [0.1, 0.15) is 17.8 Å². The van der Waals surface area contributed by atoms with Crippen molar-refractivity contribution in [3.8, 4) is 5.75 Å². The minimum Gasteiger partial charge on any atom is -0.492 e. The molecule has 1 saturated carbocycles. The van der Waals surface area contributed by atoms with Crippen LogP contribution in [0.3, 0.4) is 0 Å². The van der Waals surface area contributed by atoms with Crippen LogP contribution in [-0.4, -0.2) is 98.6 Å². The van der Waals surface area contributed by atoms with Crippen molar-refractivity contribution in [2.45, 2.75) is 67.1 Å². The SMILES string of the molecule is NC1=[NH+][C@H]2[C@H](CN3C(=O)CCC3=O)NC(N)=[N+]3CC(NC(=O)c4cccc5c4OCCC54CC4)C(O)(O)[C@]23N1. The molecule has 0 aromatic heterocycles. The summed E-state index contributed by atoms with van der Waals surface area (Å²) < 4.78 is 7.43. The van der Waals surface area contributed by atoms with E-state index in [1.54, 1.807) is 6.07 Å². The number of nitrogens with one attached hydrogen (secondary N) is 4. The second-order valence-corrected chi connectivity index (χ2v) is 11.4. The van der Waals surface area contributed by atoms with Gasteiger partial charge in [-0.3, -0.25) is 41.1 Å². The number of para-hydroxylation sites is 1. The van der Waals surface area contributed by atoms with Gasteiger partial charge in [-0.25, -0.2) is 9.89 Å². The number of fused-ring (bicyclic) bond motifs is 2. The average Bonchev–Trinajstić information content (AvgIpc) is 3.38. The Labute approximate surface area is 223 Å². The molecule has 5 heterocycles. The molecule has 14 heteroatoms. The van der Waals surface area contributed by atoms with Gasteiger partial charge in [0.15, 0.2) is 6.04 Å². The maximum Gasteiger partial charge on any atom is 0.347 e. The second-order valence-electron chi connectivity index (χ2n) is 11.4. The molecule has 4 atom stereocenters. The number of nitrogens with two attached hydrogens (primary N) is 2. The van der Waals surface area contributed by atoms with Crippen molar-refractivity contribution in [2.24, 2.45) is 11.5 Å². The molecule has 1 aliphatic carbocycles. The summed E-state index contributed by atoms with van der Waals surface area (Å²) in [5, 5.41) is 32.2. The molecule has 39 heavy (non-hydrogen) atoms. The Hall–Kier alpha value is -3.91. The minimum absolute atomic E-state index is 0.0526. The number of carbonyl (C=O) groups is 3. The Kier molecular flexibility index (Phi) is 4.84. The molecular formula is C25H32N8O6+2. The van der Waals surface area contributed by atoms with Gasteiger partial charge in [0.05, 0.1) is 25.3 Å². The zero-order valence-electron chi connectivity index (χ0n) is 21.2. The summed E-state index contributed by atoms with van der Waals surface area (Å²) in [7, 11) is 0. The highest BCUT2D eigenvalue weighted by atomic mass is 16.5. The zero-order chi connectivity index (χ0) is 27.3. The number of guanidine groups is 2. The first-order chi connectivity index (χ1) is 18.6. The highest BCUT2D eigenvalue weighted by Gasteiger charge is 2.78. The van der Waals surface area contributed by atoms with Gasteiger partial charge < -0.3 is 20.3 Å². The number of aliphatic hydroxyl groups is 2. The number of ether oxygens (including phenoxy) is 1. The molecule has 3 amide bonds. The molecule has 3 fully saturated rings. The van der Waals surface area contributed by atoms with Crippen LogP contribution in [0.5, 0.6) is 5.75 Å². The zero-order valence-corrected chi connectivity index (χ0v) is 21.2. The first-order valence-corrected chi connectivity index (χ1v) is 13.3. The fourth-order valence-electron chi connectivity index (χ4n) is 7.10. The Morgan fingerprint density at radius 3 is 2.67 bits per heavy atom. The lowest BCUT2D eigenvalue weighted by Crippen LogP contribution is -2.92. The first kappa shape index (κ1) is 24.2. The summed E-state index contributed by atoms with van der Waals surface area (Å²) in [6.45, 7) is 0.404. The predicted octanol–water partition coefficient (Wildman–Crippen LogP) is -5.19. The average molecular weight is 541 g/mol. The number of carbonyl (C=O) groups excluding carboxylic acids is 3. The molecule has 2 spiro atoms. The van der Waals surface area contributed by atoms with Gasteiger partial charge in [-0.05, 0) is 25.3 Å². The minimum atomic E-state index is -2.58. The number of rotatable bonds is 4. The van der Waals surface area contributed by atoms with Crippen molar-refractivity contribution in [3.63, 3.8) is 0 Å². The monoisotopic (exact) mass is 540 g/mol. The maximum atomic E-state index is 13.6. The van der Waals surface area contributed by atoms with Gasteiger partial charge in [0.25, 0.3) is 17.4 Å². The van der Waals surface area contributed by atoms with E-state index in [2.05, 4.69) is 20.9 Å². The number of imide groups is 1. The van der Waals surface area contributed by atoms with Crippen molar-refractivity contribution in [1.29, 1.82) is 0 Å². The summed E-state index contributed by atoms with van der Waals surface area (Å²) in [4.78, 5) is 42.3. The molecule has 10 N–H and O–H groups in total. The van der Waals surface area contributed by atoms with E-state index in [9.17, 15) is 24.6 Å². The summed E-state index contributed by atoms with van der Waals surface area (Å²) >= 11 is 0. The molecule has 0 bridgehead atoms. The van der Waals surface area contributed by atoms with E-state index >= 15 is 0 Å². The van der Waals surface area contributed by atoms with Gasteiger partial charge in [-0.1, -0.05) is 12.1 Å². The predicted molar refractivity (Wildman–Crippen MR) is 133 cm³/mol. The summed E-state index contributed by atoms with van der Waals surface area (Å²) in [5.74, 6) is -3.02. The summed E-state index contributed by atoms with van der Waals surface area (Å²) in [5.41, 5.74) is 12.2. The molecular weight excluding hydrogens is 508 g/mol. The lowest BCUT2D eigenvalue weighted by Gasteiger charge is -2.41. The van der Waals surface area contributed by atoms with Crippen molar-refractivity contribution in [2.75, 3.05) is 19.7 Å². The molecule has 1 aromatic rings. The van der Waals surface area contributed by atoms with E-state index in [0.717, 1.165) is 29.7 Å². The van der Waals surface area contributed by atoms with Crippen LogP contribution in [0.1, 0.15) is 48.0 Å². The van der Waals surface area contributed by atoms with Gasteiger partial charge in [0, 0.05) is 23.8 Å². The van der Waals surface area contributed by atoms with E-state index in [4.69, 9.17) is 16.2 Å². The molecule has 1 unspecified atom stereocenters. The number of likely N-dealkylation sites (tertiary alicyclic amines) is 1. The molecule has 6 aliphatic rings. The van der Waals surface area contributed by atoms with E-state index in [-0.39, 0.29) is 55.1 Å². The van der Waals surface area contributed by atoms with Gasteiger partial charge in [-0.15, -0.1) is 0 Å². The van der Waals surface area contributed by atoms with E-state index in [1.165, 1.54) is 4.58 Å². The quantitative estimate of drug-likeness (QED) is 0.103. The van der Waals surface area contributed by atoms with Crippen LogP contribution >= 0.6 is 0 Å². The smallest absolute Gasteiger partial charge is 0.347 e. The number of amides is 3. The van der Waals surface area contributed by atoms with Gasteiger partial charge in [0.2, 0.25) is 11.8 Å². The van der Waals surface area contributed by atoms with E-state index < -0.39 is 35.5 Å². The maximum absolute atomic E-state index is 13.6. The highest BCUT2D eigenvalue weighted by Crippen LogP contribution is 2.56. The van der Waals surface area contributed by atoms with Gasteiger partial charge >= 0.3 is 11.9 Å². The largest absolute Gasteiger partial charge is 0.492 e. The Balaban J connectivity index is 1.20. The van der Waals surface area contributed by atoms with Crippen molar-refractivity contribution >= 4 is 29.6 Å². The lowest BCUT2D eigenvalue weighted by atomic mass is 9.85. The summed E-state index contributed by atoms with van der Waals surface area (Å²) in [6.07, 6.45) is 3.27. The lowest BCUT2D eigenvalue weighted by molar-refractivity contribution is -0.674. The molecule has 2 saturated heterocycles. The fraction of sp³-hybridized carbons (Fsp3) is 0.560. The Morgan fingerprint density at radius 1 is 1.21 bits per heavy atom. The van der Waals surface area contributed by atoms with Crippen LogP contribution in [0.2, 0.25) is 0 Å². The van der Waals surface area contributed by atoms with E-state index in [0.29, 0.717) is 17.9 Å². The van der Waals surface area contributed by atoms with Crippen molar-refractivity contribution in [1.82, 2.24) is 20.9 Å². The van der Waals surface area contributed by atoms with Crippen LogP contribution in [-0.2, 0) is 15.0 Å². The third-order valence-corrected chi connectivity index (χ3v) is 9.30. The van der Waals surface area contributed by atoms with Crippen molar-refractivity contribution < 1.29 is 38.9 Å². The first-order valence-electron chi connectivity index (χ1n) is 13.3. The molecule has 14 nitrogen and oxygen atoms in total. The number of hydrogen-bond donors (Lipinski definition) is 8. The fourth-order valence-corrected chi connectivity index (χ4v) is 7.10. The topological polar surface area (TPSA) is 209 Å². The van der Waals surface area contributed by atoms with Crippen molar-refractivity contribution in [3.05, 3.63) is 29.3 Å². The van der Waals surface area contributed by atoms with Crippen LogP contribution in [0, 0.1) is 0 Å². The van der Waals surface area contributed by atoms with Gasteiger partial charge in [-0.2, -0.15) is 0 Å². The third-order valence-electron chi connectivity index (χ3n) is 9.30. The molecule has 5 aliphatic heterocycles. The molecule has 7 rings (SSSR count). The van der Waals surface area contributed by atoms with Crippen LogP contribution in [0.15, 0.2) is 18.2 Å². The number of benzene rings is 1. The normalized spacial score (nSPS) is 33.0. The molecule has 206 valence electrons. The third kappa shape index (κ3) is 3.18. The van der Waals surface area contributed by atoms with E-state index in [1.807, 2.05) is 12.1 Å². The number of nitrogens with zero attached hydrogens (tertiary/aromatic N) is 2. The van der Waals surface area contributed by atoms with Crippen LogP contribution < -0.4 is 37.1 Å². The van der Waals surface area contributed by atoms with Crippen LogP contribution in [0.25, 0.3) is 0 Å². The Morgan fingerprint density at radius 2 is 1.95 bits per heavy atom. The standard InChI is InChI=1S/C25H30N8O6/c26-21-30-19-14(10-32-16(34)4-5-17(32)35)28-22(27)33-11-15(25(37,38)24(19,33)31-21)29-20(36)12-2-1-3-13-18(12)39-9-8-23(13)6-7-23/h1-3,14-15,19,37-38H,4-11H2,(H6,26,27,28,29,30,31,36)/p+2/t14-,15?,19-,24-/m0/s1. The summed E-state index contributed by atoms with van der Waals surface area (Å²) in [6, 6.07) is 2.72. The number of hydrogen-bond acceptors (Lipinski definition) is 10. The second kappa shape index (κ2) is 7.82. The molecule has 0 radical (unpaired) electrons.